The number of ketones is 1. The summed E-state index contributed by atoms with van der Waals surface area (Å²) in [5.41, 5.74) is 2.98. The first-order chi connectivity index (χ1) is 15.6. The summed E-state index contributed by atoms with van der Waals surface area (Å²) in [7, 11) is 0. The van der Waals surface area contributed by atoms with Gasteiger partial charge in [0.25, 0.3) is 0 Å². The van der Waals surface area contributed by atoms with Gasteiger partial charge in [-0.15, -0.1) is 0 Å². The molecule has 1 atom stereocenters. The van der Waals surface area contributed by atoms with Crippen LogP contribution in [0.1, 0.15) is 57.6 Å². The highest BCUT2D eigenvalue weighted by Crippen LogP contribution is 2.27. The minimum Gasteiger partial charge on any atom is -0.378 e. The first kappa shape index (κ1) is 23.0. The summed E-state index contributed by atoms with van der Waals surface area (Å²) in [5, 5.41) is 3.89. The van der Waals surface area contributed by atoms with Crippen molar-refractivity contribution < 1.29 is 9.53 Å². The number of ether oxygens (including phenoxy) is 1. The van der Waals surface area contributed by atoms with Crippen molar-refractivity contribution >= 4 is 34.7 Å². The number of hydrogen-bond acceptors (Lipinski definition) is 6. The molecule has 2 aliphatic rings. The average Bonchev–Trinajstić information content (AvgIpc) is 3.34. The Morgan fingerprint density at radius 3 is 2.69 bits per heavy atom. The molecule has 0 aliphatic carbocycles. The molecule has 1 aromatic carbocycles. The molecule has 4 rings (SSSR count). The van der Waals surface area contributed by atoms with E-state index >= 15 is 0 Å². The zero-order valence-corrected chi connectivity index (χ0v) is 19.6. The van der Waals surface area contributed by atoms with E-state index in [0.29, 0.717) is 29.3 Å². The van der Waals surface area contributed by atoms with Crippen LogP contribution in [0.5, 0.6) is 0 Å². The van der Waals surface area contributed by atoms with Gasteiger partial charge in [-0.05, 0) is 69.2 Å². The smallest absolute Gasteiger partial charge is 0.227 e. The molecule has 0 saturated carbocycles. The van der Waals surface area contributed by atoms with Crippen molar-refractivity contribution in [1.29, 1.82) is 0 Å². The maximum absolute atomic E-state index is 12.2. The third-order valence-electron chi connectivity index (χ3n) is 6.48. The number of anilines is 3. The Kier molecular flexibility index (Phi) is 7.98. The molecule has 7 heteroatoms. The number of carbonyl (C=O) groups is 1. The van der Waals surface area contributed by atoms with Crippen LogP contribution in [0.15, 0.2) is 30.5 Å². The van der Waals surface area contributed by atoms with Crippen LogP contribution in [0.2, 0.25) is 5.02 Å². The number of aryl methyl sites for hydroxylation is 1. The molecule has 0 radical (unpaired) electrons. The summed E-state index contributed by atoms with van der Waals surface area (Å²) in [4.78, 5) is 23.5. The fourth-order valence-electron chi connectivity index (χ4n) is 4.60. The van der Waals surface area contributed by atoms with Crippen molar-refractivity contribution in [3.05, 3.63) is 41.2 Å². The second-order valence-electron chi connectivity index (χ2n) is 8.81. The lowest BCUT2D eigenvalue weighted by Crippen LogP contribution is -2.36. The number of Topliss-reactive ketones (excluding diaryl/α,β-unsaturated/α-hetero) is 1. The number of nitrogens with one attached hydrogen (secondary N) is 1. The van der Waals surface area contributed by atoms with Gasteiger partial charge in [0.1, 0.15) is 5.78 Å². The van der Waals surface area contributed by atoms with Crippen molar-refractivity contribution in [1.82, 2.24) is 9.97 Å². The Labute approximate surface area is 195 Å². The average molecular weight is 457 g/mol. The highest BCUT2D eigenvalue weighted by atomic mass is 35.5. The molecule has 6 nitrogen and oxygen atoms in total. The first-order valence-corrected chi connectivity index (χ1v) is 12.3. The van der Waals surface area contributed by atoms with Crippen LogP contribution >= 0.6 is 11.6 Å². The minimum absolute atomic E-state index is 0.239. The van der Waals surface area contributed by atoms with Crippen molar-refractivity contribution in [2.45, 2.75) is 64.4 Å². The molecular weight excluding hydrogens is 424 g/mol. The third-order valence-corrected chi connectivity index (χ3v) is 6.79. The molecule has 0 spiro atoms. The molecule has 1 unspecified atom stereocenters. The van der Waals surface area contributed by atoms with E-state index in [1.165, 1.54) is 5.69 Å². The Morgan fingerprint density at radius 2 is 2.00 bits per heavy atom. The van der Waals surface area contributed by atoms with E-state index in [9.17, 15) is 4.79 Å². The number of aromatic nitrogens is 2. The van der Waals surface area contributed by atoms with Gasteiger partial charge in [0, 0.05) is 43.4 Å². The zero-order valence-electron chi connectivity index (χ0n) is 18.9. The van der Waals surface area contributed by atoms with Gasteiger partial charge in [-0.3, -0.25) is 4.79 Å². The topological polar surface area (TPSA) is 67.4 Å². The predicted octanol–water partition coefficient (Wildman–Crippen LogP) is 5.57. The summed E-state index contributed by atoms with van der Waals surface area (Å²) in [5.74, 6) is 1.23. The Bertz CT molecular complexity index is 891. The van der Waals surface area contributed by atoms with Crippen molar-refractivity contribution in [3.63, 3.8) is 0 Å². The van der Waals surface area contributed by atoms with Gasteiger partial charge in [0.2, 0.25) is 5.95 Å². The standard InChI is InChI=1S/C25H33ClN4O2/c1-2-4-24(31)18-12-14-30(15-13-18)20-8-6-19(7-9-20)28-25-27-17-22(26)23(29-25)11-10-21-5-3-16-32-21/h6-9,17-18,21H,2-5,10-16H2,1H3,(H,27,28,29). The maximum Gasteiger partial charge on any atom is 0.227 e. The lowest BCUT2D eigenvalue weighted by Gasteiger charge is -2.33. The Morgan fingerprint density at radius 1 is 1.22 bits per heavy atom. The predicted molar refractivity (Wildman–Crippen MR) is 129 cm³/mol. The zero-order chi connectivity index (χ0) is 22.3. The number of hydrogen-bond donors (Lipinski definition) is 1. The fraction of sp³-hybridized carbons (Fsp3) is 0.560. The van der Waals surface area contributed by atoms with Crippen molar-refractivity contribution in [3.8, 4) is 0 Å². The van der Waals surface area contributed by atoms with Gasteiger partial charge >= 0.3 is 0 Å². The third kappa shape index (κ3) is 5.99. The SMILES string of the molecule is CCCC(=O)C1CCN(c2ccc(Nc3ncc(Cl)c(CCC4CCCO4)n3)cc2)CC1. The van der Waals surface area contributed by atoms with E-state index in [-0.39, 0.29) is 5.92 Å². The molecule has 2 fully saturated rings. The molecule has 2 saturated heterocycles. The summed E-state index contributed by atoms with van der Waals surface area (Å²) < 4.78 is 5.71. The Balaban J connectivity index is 1.32. The molecule has 1 N–H and O–H groups in total. The minimum atomic E-state index is 0.239. The largest absolute Gasteiger partial charge is 0.378 e. The second-order valence-corrected chi connectivity index (χ2v) is 9.22. The number of nitrogens with zero attached hydrogens (tertiary/aromatic N) is 3. The van der Waals surface area contributed by atoms with E-state index in [2.05, 4.69) is 39.2 Å². The number of piperidine rings is 1. The van der Waals surface area contributed by atoms with Crippen LogP contribution in [-0.2, 0) is 16.0 Å². The van der Waals surface area contributed by atoms with Crippen LogP contribution in [0.4, 0.5) is 17.3 Å². The number of carbonyl (C=O) groups excluding carboxylic acids is 1. The summed E-state index contributed by atoms with van der Waals surface area (Å²) in [6.07, 6.45) is 9.53. The number of halogens is 1. The molecular formula is C25H33ClN4O2. The number of benzene rings is 1. The van der Waals surface area contributed by atoms with Crippen LogP contribution in [-0.4, -0.2) is 41.6 Å². The molecule has 1 aromatic heterocycles. The summed E-state index contributed by atoms with van der Waals surface area (Å²) in [6, 6.07) is 8.33. The summed E-state index contributed by atoms with van der Waals surface area (Å²) >= 11 is 6.32. The fourth-order valence-corrected chi connectivity index (χ4v) is 4.79. The van der Waals surface area contributed by atoms with Gasteiger partial charge < -0.3 is 15.0 Å². The molecule has 3 heterocycles. The second kappa shape index (κ2) is 11.1. The molecule has 32 heavy (non-hydrogen) atoms. The van der Waals surface area contributed by atoms with Crippen LogP contribution in [0, 0.1) is 5.92 Å². The van der Waals surface area contributed by atoms with E-state index in [0.717, 1.165) is 76.0 Å². The van der Waals surface area contributed by atoms with E-state index < -0.39 is 0 Å². The first-order valence-electron chi connectivity index (χ1n) is 11.9. The van der Waals surface area contributed by atoms with Gasteiger partial charge in [-0.2, -0.15) is 0 Å². The Hall–Kier alpha value is -2.18. The number of rotatable bonds is 9. The lowest BCUT2D eigenvalue weighted by molar-refractivity contribution is -0.123. The molecule has 2 aliphatic heterocycles. The molecule has 0 bridgehead atoms. The molecule has 2 aromatic rings. The monoisotopic (exact) mass is 456 g/mol. The van der Waals surface area contributed by atoms with E-state index in [1.54, 1.807) is 6.20 Å². The highest BCUT2D eigenvalue weighted by Gasteiger charge is 2.24. The summed E-state index contributed by atoms with van der Waals surface area (Å²) in [6.45, 7) is 4.80. The van der Waals surface area contributed by atoms with E-state index in [1.807, 2.05) is 12.1 Å². The molecule has 0 amide bonds. The van der Waals surface area contributed by atoms with Crippen LogP contribution in [0.3, 0.4) is 0 Å². The van der Waals surface area contributed by atoms with Gasteiger partial charge in [-0.25, -0.2) is 9.97 Å². The molecule has 172 valence electrons. The van der Waals surface area contributed by atoms with Crippen LogP contribution in [0.25, 0.3) is 0 Å². The van der Waals surface area contributed by atoms with Gasteiger partial charge in [-0.1, -0.05) is 18.5 Å². The van der Waals surface area contributed by atoms with Crippen molar-refractivity contribution in [2.75, 3.05) is 29.9 Å². The normalized spacial score (nSPS) is 19.3. The van der Waals surface area contributed by atoms with Gasteiger partial charge in [0.05, 0.1) is 23.0 Å². The van der Waals surface area contributed by atoms with E-state index in [4.69, 9.17) is 16.3 Å². The quantitative estimate of drug-likeness (QED) is 0.532. The maximum atomic E-state index is 12.2. The highest BCUT2D eigenvalue weighted by molar-refractivity contribution is 6.31. The van der Waals surface area contributed by atoms with Crippen molar-refractivity contribution in [2.24, 2.45) is 5.92 Å². The van der Waals surface area contributed by atoms with Crippen LogP contribution < -0.4 is 10.2 Å². The van der Waals surface area contributed by atoms with Gasteiger partial charge in [0.15, 0.2) is 0 Å². The lowest BCUT2D eigenvalue weighted by atomic mass is 9.90.